The van der Waals surface area contributed by atoms with Crippen molar-refractivity contribution < 1.29 is 0 Å². The number of fused-ring (bicyclic) bond motifs is 1. The molecule has 1 aliphatic rings. The number of hydrogen-bond donors (Lipinski definition) is 0. The second kappa shape index (κ2) is 2.88. The summed E-state index contributed by atoms with van der Waals surface area (Å²) in [6, 6.07) is 9.01. The molecule has 1 nitrogen and oxygen atoms in total. The van der Waals surface area contributed by atoms with E-state index in [0.717, 1.165) is 0 Å². The van der Waals surface area contributed by atoms with Gasteiger partial charge in [-0.3, -0.25) is 0 Å². The molecule has 0 fully saturated rings. The zero-order valence-electron chi connectivity index (χ0n) is 9.12. The molecule has 1 aromatic rings. The van der Waals surface area contributed by atoms with E-state index in [4.69, 9.17) is 0 Å². The fraction of sp³-hybridized carbons (Fsp3) is 0.385. The van der Waals surface area contributed by atoms with Crippen molar-refractivity contribution in [1.82, 2.24) is 0 Å². The molecular formula is C13H17N. The van der Waals surface area contributed by atoms with Gasteiger partial charge in [0.15, 0.2) is 0 Å². The lowest BCUT2D eigenvalue weighted by Crippen LogP contribution is -2.37. The Morgan fingerprint density at radius 1 is 1.36 bits per heavy atom. The Morgan fingerprint density at radius 2 is 2.00 bits per heavy atom. The van der Waals surface area contributed by atoms with E-state index < -0.39 is 0 Å². The van der Waals surface area contributed by atoms with Crippen LogP contribution in [0.15, 0.2) is 36.9 Å². The van der Waals surface area contributed by atoms with Crippen LogP contribution < -0.4 is 4.90 Å². The summed E-state index contributed by atoms with van der Waals surface area (Å²) in [5, 5.41) is 0. The summed E-state index contributed by atoms with van der Waals surface area (Å²) in [4.78, 5) is 2.31. The maximum Gasteiger partial charge on any atom is 0.0559 e. The van der Waals surface area contributed by atoms with E-state index in [1.165, 1.54) is 11.3 Å². The quantitative estimate of drug-likeness (QED) is 0.611. The Bertz CT molecular complexity index is 365. The molecule has 74 valence electrons. The molecule has 0 radical (unpaired) electrons. The third kappa shape index (κ3) is 1.02. The van der Waals surface area contributed by atoms with Gasteiger partial charge in [0, 0.05) is 18.2 Å². The van der Waals surface area contributed by atoms with Gasteiger partial charge in [0.05, 0.1) is 6.04 Å². The van der Waals surface area contributed by atoms with Gasteiger partial charge in [-0.25, -0.2) is 0 Å². The van der Waals surface area contributed by atoms with Crippen LogP contribution in [0.1, 0.15) is 19.4 Å². The van der Waals surface area contributed by atoms with Gasteiger partial charge in [0.25, 0.3) is 0 Å². The van der Waals surface area contributed by atoms with Gasteiger partial charge in [-0.2, -0.15) is 0 Å². The maximum absolute atomic E-state index is 3.93. The van der Waals surface area contributed by atoms with Gasteiger partial charge in [0.1, 0.15) is 0 Å². The van der Waals surface area contributed by atoms with Crippen LogP contribution in [0.5, 0.6) is 0 Å². The largest absolute Gasteiger partial charge is 0.367 e. The van der Waals surface area contributed by atoms with Gasteiger partial charge in [-0.1, -0.05) is 38.1 Å². The van der Waals surface area contributed by atoms with Crippen molar-refractivity contribution in [2.75, 3.05) is 11.9 Å². The predicted molar refractivity (Wildman–Crippen MR) is 61.9 cm³/mol. The highest BCUT2D eigenvalue weighted by atomic mass is 15.2. The molecule has 14 heavy (non-hydrogen) atoms. The lowest BCUT2D eigenvalue weighted by molar-refractivity contribution is 0.488. The van der Waals surface area contributed by atoms with E-state index in [-0.39, 0.29) is 5.41 Å². The van der Waals surface area contributed by atoms with Crippen LogP contribution in [0.3, 0.4) is 0 Å². The molecule has 1 heteroatoms. The first-order valence-electron chi connectivity index (χ1n) is 5.04. The Balaban J connectivity index is 2.60. The van der Waals surface area contributed by atoms with Crippen LogP contribution in [0.4, 0.5) is 5.69 Å². The number of para-hydroxylation sites is 1. The molecule has 1 unspecified atom stereocenters. The van der Waals surface area contributed by atoms with E-state index >= 15 is 0 Å². The number of rotatable bonds is 1. The van der Waals surface area contributed by atoms with Gasteiger partial charge in [0.2, 0.25) is 0 Å². The molecule has 2 rings (SSSR count). The molecule has 1 aliphatic heterocycles. The first-order chi connectivity index (χ1) is 6.59. The lowest BCUT2D eigenvalue weighted by Gasteiger charge is -2.29. The maximum atomic E-state index is 3.93. The average molecular weight is 187 g/mol. The molecule has 1 heterocycles. The summed E-state index contributed by atoms with van der Waals surface area (Å²) in [5.41, 5.74) is 2.93. The highest BCUT2D eigenvalue weighted by Crippen LogP contribution is 2.44. The zero-order valence-corrected chi connectivity index (χ0v) is 9.12. The number of nitrogens with zero attached hydrogens (tertiary/aromatic N) is 1. The molecule has 0 aliphatic carbocycles. The van der Waals surface area contributed by atoms with E-state index in [1.54, 1.807) is 0 Å². The van der Waals surface area contributed by atoms with Crippen molar-refractivity contribution in [1.29, 1.82) is 0 Å². The first-order valence-corrected chi connectivity index (χ1v) is 5.04. The smallest absolute Gasteiger partial charge is 0.0559 e. The standard InChI is InChI=1S/C13H17N/c1-5-12-13(2,3)10-8-6-7-9-11(10)14(12)4/h5-9,12H,1H2,2-4H3. The second-order valence-electron chi connectivity index (χ2n) is 4.53. The average Bonchev–Trinajstić information content (AvgIpc) is 2.36. The summed E-state index contributed by atoms with van der Waals surface area (Å²) < 4.78 is 0. The number of hydrogen-bond acceptors (Lipinski definition) is 1. The van der Waals surface area contributed by atoms with Crippen LogP contribution in [-0.4, -0.2) is 13.1 Å². The number of likely N-dealkylation sites (N-methyl/N-ethyl adjacent to an activating group) is 1. The van der Waals surface area contributed by atoms with Gasteiger partial charge in [-0.05, 0) is 11.6 Å². The molecule has 0 bridgehead atoms. The zero-order chi connectivity index (χ0) is 10.3. The van der Waals surface area contributed by atoms with E-state index in [9.17, 15) is 0 Å². The van der Waals surface area contributed by atoms with Crippen LogP contribution in [0.25, 0.3) is 0 Å². The summed E-state index contributed by atoms with van der Waals surface area (Å²) in [6.07, 6.45) is 2.04. The summed E-state index contributed by atoms with van der Waals surface area (Å²) in [7, 11) is 2.14. The molecular weight excluding hydrogens is 170 g/mol. The molecule has 1 atom stereocenters. The van der Waals surface area contributed by atoms with Crippen molar-refractivity contribution in [2.45, 2.75) is 25.3 Å². The molecule has 0 amide bonds. The third-order valence-corrected chi connectivity index (χ3v) is 3.36. The predicted octanol–water partition coefficient (Wildman–Crippen LogP) is 2.97. The topological polar surface area (TPSA) is 3.24 Å². The lowest BCUT2D eigenvalue weighted by atomic mass is 9.80. The fourth-order valence-corrected chi connectivity index (χ4v) is 2.57. The van der Waals surface area contributed by atoms with Crippen molar-refractivity contribution >= 4 is 5.69 Å². The molecule has 0 saturated heterocycles. The molecule has 0 spiro atoms. The summed E-state index contributed by atoms with van der Waals surface area (Å²) in [5.74, 6) is 0. The molecule has 0 N–H and O–H groups in total. The SMILES string of the molecule is C=CC1N(C)c2ccccc2C1(C)C. The summed E-state index contributed by atoms with van der Waals surface area (Å²) in [6.45, 7) is 8.49. The molecule has 1 aromatic carbocycles. The van der Waals surface area contributed by atoms with E-state index in [1.807, 2.05) is 6.08 Å². The Hall–Kier alpha value is -1.24. The van der Waals surface area contributed by atoms with E-state index in [2.05, 4.69) is 56.6 Å². The molecule has 0 aromatic heterocycles. The fourth-order valence-electron chi connectivity index (χ4n) is 2.57. The van der Waals surface area contributed by atoms with Gasteiger partial charge >= 0.3 is 0 Å². The molecule has 0 saturated carbocycles. The second-order valence-corrected chi connectivity index (χ2v) is 4.53. The minimum absolute atomic E-state index is 0.174. The van der Waals surface area contributed by atoms with Crippen molar-refractivity contribution in [3.8, 4) is 0 Å². The van der Waals surface area contributed by atoms with Crippen LogP contribution in [-0.2, 0) is 5.41 Å². The minimum atomic E-state index is 0.174. The Morgan fingerprint density at radius 3 is 2.57 bits per heavy atom. The monoisotopic (exact) mass is 187 g/mol. The van der Waals surface area contributed by atoms with Gasteiger partial charge in [-0.15, -0.1) is 6.58 Å². The highest BCUT2D eigenvalue weighted by Gasteiger charge is 2.40. The van der Waals surface area contributed by atoms with Crippen LogP contribution >= 0.6 is 0 Å². The third-order valence-electron chi connectivity index (χ3n) is 3.36. The minimum Gasteiger partial charge on any atom is -0.367 e. The Labute approximate surface area is 86.1 Å². The summed E-state index contributed by atoms with van der Waals surface area (Å²) >= 11 is 0. The van der Waals surface area contributed by atoms with Crippen molar-refractivity contribution in [3.05, 3.63) is 42.5 Å². The normalized spacial score (nSPS) is 23.4. The van der Waals surface area contributed by atoms with Crippen molar-refractivity contribution in [3.63, 3.8) is 0 Å². The highest BCUT2D eigenvalue weighted by molar-refractivity contribution is 5.64. The van der Waals surface area contributed by atoms with Crippen molar-refractivity contribution in [2.24, 2.45) is 0 Å². The van der Waals surface area contributed by atoms with Crippen LogP contribution in [0, 0.1) is 0 Å². The number of benzene rings is 1. The number of anilines is 1. The van der Waals surface area contributed by atoms with E-state index in [0.29, 0.717) is 6.04 Å². The Kier molecular flexibility index (Phi) is 1.91. The first kappa shape index (κ1) is 9.32. The van der Waals surface area contributed by atoms with Gasteiger partial charge < -0.3 is 4.90 Å². The van der Waals surface area contributed by atoms with Crippen LogP contribution in [0.2, 0.25) is 0 Å².